The maximum absolute atomic E-state index is 11.8. The largest absolute Gasteiger partial charge is 0.338 e. The number of likely N-dealkylation sites (tertiary alicyclic amines) is 1. The van der Waals surface area contributed by atoms with Crippen LogP contribution in [0.25, 0.3) is 0 Å². The standard InChI is InChI=1S/C14H19BrN2O/c15-13-6-4-12(5-7-13)8-9-16-14(18)17-10-2-1-3-11-17/h4-7H,1-3,8-11H2,(H,16,18). The van der Waals surface area contributed by atoms with Gasteiger partial charge in [0.15, 0.2) is 0 Å². The molecule has 1 N–H and O–H groups in total. The van der Waals surface area contributed by atoms with Crippen molar-refractivity contribution in [3.8, 4) is 0 Å². The Labute approximate surface area is 117 Å². The Balaban J connectivity index is 1.71. The molecule has 4 heteroatoms. The Morgan fingerprint density at radius 3 is 2.50 bits per heavy atom. The molecular formula is C14H19BrN2O. The SMILES string of the molecule is O=C(NCCc1ccc(Br)cc1)N1CCCCC1. The summed E-state index contributed by atoms with van der Waals surface area (Å²) in [6.07, 6.45) is 4.41. The van der Waals surface area contributed by atoms with Crippen molar-refractivity contribution in [1.82, 2.24) is 10.2 Å². The number of hydrogen-bond donors (Lipinski definition) is 1. The molecular weight excluding hydrogens is 292 g/mol. The van der Waals surface area contributed by atoms with Crippen molar-refractivity contribution in [3.05, 3.63) is 34.3 Å². The van der Waals surface area contributed by atoms with Crippen molar-refractivity contribution >= 4 is 22.0 Å². The fourth-order valence-corrected chi connectivity index (χ4v) is 2.44. The summed E-state index contributed by atoms with van der Waals surface area (Å²) in [5, 5.41) is 2.99. The molecule has 2 rings (SSSR count). The fraction of sp³-hybridized carbons (Fsp3) is 0.500. The summed E-state index contributed by atoms with van der Waals surface area (Å²) in [6, 6.07) is 8.31. The van der Waals surface area contributed by atoms with E-state index < -0.39 is 0 Å². The molecule has 0 spiro atoms. The second-order valence-corrected chi connectivity index (χ2v) is 5.57. The van der Waals surface area contributed by atoms with Gasteiger partial charge in [-0.05, 0) is 43.4 Å². The first-order chi connectivity index (χ1) is 8.75. The zero-order valence-corrected chi connectivity index (χ0v) is 12.1. The van der Waals surface area contributed by atoms with E-state index in [1.807, 2.05) is 17.0 Å². The molecule has 1 heterocycles. The predicted octanol–water partition coefficient (Wildman–Crippen LogP) is 3.19. The van der Waals surface area contributed by atoms with Gasteiger partial charge >= 0.3 is 6.03 Å². The first-order valence-electron chi connectivity index (χ1n) is 6.53. The van der Waals surface area contributed by atoms with Crippen LogP contribution in [0.3, 0.4) is 0 Å². The van der Waals surface area contributed by atoms with Crippen molar-refractivity contribution < 1.29 is 4.79 Å². The van der Waals surface area contributed by atoms with Crippen molar-refractivity contribution in [2.75, 3.05) is 19.6 Å². The van der Waals surface area contributed by atoms with Gasteiger partial charge in [-0.15, -0.1) is 0 Å². The summed E-state index contributed by atoms with van der Waals surface area (Å²) in [4.78, 5) is 13.8. The number of rotatable bonds is 3. The molecule has 1 aromatic carbocycles. The van der Waals surface area contributed by atoms with Crippen molar-refractivity contribution in [1.29, 1.82) is 0 Å². The van der Waals surface area contributed by atoms with Crippen LogP contribution in [-0.4, -0.2) is 30.6 Å². The van der Waals surface area contributed by atoms with Gasteiger partial charge in [0.1, 0.15) is 0 Å². The number of nitrogens with one attached hydrogen (secondary N) is 1. The first-order valence-corrected chi connectivity index (χ1v) is 7.32. The average molecular weight is 311 g/mol. The van der Waals surface area contributed by atoms with E-state index in [1.54, 1.807) is 0 Å². The van der Waals surface area contributed by atoms with E-state index in [-0.39, 0.29) is 6.03 Å². The van der Waals surface area contributed by atoms with Crippen LogP contribution in [0.1, 0.15) is 24.8 Å². The highest BCUT2D eigenvalue weighted by Crippen LogP contribution is 2.11. The number of nitrogens with zero attached hydrogens (tertiary/aromatic N) is 1. The monoisotopic (exact) mass is 310 g/mol. The van der Waals surface area contributed by atoms with Crippen LogP contribution in [0.2, 0.25) is 0 Å². The predicted molar refractivity (Wildman–Crippen MR) is 76.7 cm³/mol. The van der Waals surface area contributed by atoms with Crippen LogP contribution >= 0.6 is 15.9 Å². The van der Waals surface area contributed by atoms with Crippen molar-refractivity contribution in [2.45, 2.75) is 25.7 Å². The molecule has 3 nitrogen and oxygen atoms in total. The summed E-state index contributed by atoms with van der Waals surface area (Å²) in [5.41, 5.74) is 1.25. The first kappa shape index (κ1) is 13.4. The Morgan fingerprint density at radius 1 is 1.17 bits per heavy atom. The molecule has 0 aromatic heterocycles. The maximum atomic E-state index is 11.8. The summed E-state index contributed by atoms with van der Waals surface area (Å²) in [5.74, 6) is 0. The van der Waals surface area contributed by atoms with Gasteiger partial charge in [-0.3, -0.25) is 0 Å². The van der Waals surface area contributed by atoms with Crippen LogP contribution in [0.5, 0.6) is 0 Å². The maximum Gasteiger partial charge on any atom is 0.317 e. The third kappa shape index (κ3) is 4.02. The summed E-state index contributed by atoms with van der Waals surface area (Å²) >= 11 is 3.41. The zero-order chi connectivity index (χ0) is 12.8. The van der Waals surface area contributed by atoms with E-state index >= 15 is 0 Å². The second-order valence-electron chi connectivity index (χ2n) is 4.66. The van der Waals surface area contributed by atoms with Crippen LogP contribution in [0.15, 0.2) is 28.7 Å². The third-order valence-electron chi connectivity index (χ3n) is 3.25. The Hall–Kier alpha value is -1.03. The van der Waals surface area contributed by atoms with Gasteiger partial charge in [-0.25, -0.2) is 4.79 Å². The van der Waals surface area contributed by atoms with Crippen LogP contribution in [0.4, 0.5) is 4.79 Å². The number of hydrogen-bond acceptors (Lipinski definition) is 1. The molecule has 1 aliphatic heterocycles. The number of piperidine rings is 1. The summed E-state index contributed by atoms with van der Waals surface area (Å²) in [6.45, 7) is 2.52. The minimum atomic E-state index is 0.0896. The van der Waals surface area contributed by atoms with Crippen molar-refractivity contribution in [2.24, 2.45) is 0 Å². The zero-order valence-electron chi connectivity index (χ0n) is 10.5. The molecule has 1 fully saturated rings. The van der Waals surface area contributed by atoms with Gasteiger partial charge in [0, 0.05) is 24.1 Å². The number of halogens is 1. The quantitative estimate of drug-likeness (QED) is 0.913. The molecule has 0 atom stereocenters. The van der Waals surface area contributed by atoms with E-state index in [4.69, 9.17) is 0 Å². The fourth-order valence-electron chi connectivity index (χ4n) is 2.17. The average Bonchev–Trinajstić information content (AvgIpc) is 2.42. The molecule has 2 amide bonds. The van der Waals surface area contributed by atoms with Crippen LogP contribution < -0.4 is 5.32 Å². The van der Waals surface area contributed by atoms with E-state index in [0.717, 1.165) is 36.8 Å². The lowest BCUT2D eigenvalue weighted by molar-refractivity contribution is 0.186. The molecule has 18 heavy (non-hydrogen) atoms. The van der Waals surface area contributed by atoms with Crippen LogP contribution in [0, 0.1) is 0 Å². The lowest BCUT2D eigenvalue weighted by Gasteiger charge is -2.26. The normalized spacial score (nSPS) is 15.5. The highest BCUT2D eigenvalue weighted by molar-refractivity contribution is 9.10. The minimum absolute atomic E-state index is 0.0896. The molecule has 1 aliphatic rings. The summed E-state index contributed by atoms with van der Waals surface area (Å²) in [7, 11) is 0. The van der Waals surface area contributed by atoms with Gasteiger partial charge in [0.2, 0.25) is 0 Å². The van der Waals surface area contributed by atoms with E-state index in [2.05, 4.69) is 33.4 Å². The Morgan fingerprint density at radius 2 is 1.83 bits per heavy atom. The highest BCUT2D eigenvalue weighted by atomic mass is 79.9. The lowest BCUT2D eigenvalue weighted by Crippen LogP contribution is -2.43. The number of carbonyl (C=O) groups excluding carboxylic acids is 1. The van der Waals surface area contributed by atoms with Gasteiger partial charge < -0.3 is 10.2 Å². The molecule has 1 aromatic rings. The molecule has 0 aliphatic carbocycles. The number of benzene rings is 1. The minimum Gasteiger partial charge on any atom is -0.338 e. The molecule has 0 bridgehead atoms. The molecule has 0 saturated carbocycles. The topological polar surface area (TPSA) is 32.3 Å². The van der Waals surface area contributed by atoms with E-state index in [1.165, 1.54) is 12.0 Å². The van der Waals surface area contributed by atoms with Gasteiger partial charge in [-0.1, -0.05) is 28.1 Å². The molecule has 1 saturated heterocycles. The molecule has 0 radical (unpaired) electrons. The van der Waals surface area contributed by atoms with Gasteiger partial charge in [0.25, 0.3) is 0 Å². The number of urea groups is 1. The number of amides is 2. The Kier molecular flexibility index (Phi) is 5.05. The molecule has 98 valence electrons. The smallest absolute Gasteiger partial charge is 0.317 e. The van der Waals surface area contributed by atoms with Crippen LogP contribution in [-0.2, 0) is 6.42 Å². The number of carbonyl (C=O) groups is 1. The van der Waals surface area contributed by atoms with Gasteiger partial charge in [0.05, 0.1) is 0 Å². The second kappa shape index (κ2) is 6.78. The van der Waals surface area contributed by atoms with E-state index in [9.17, 15) is 4.79 Å². The van der Waals surface area contributed by atoms with E-state index in [0.29, 0.717) is 6.54 Å². The summed E-state index contributed by atoms with van der Waals surface area (Å²) < 4.78 is 1.09. The third-order valence-corrected chi connectivity index (χ3v) is 3.78. The van der Waals surface area contributed by atoms with Gasteiger partial charge in [-0.2, -0.15) is 0 Å². The Bertz CT molecular complexity index is 385. The highest BCUT2D eigenvalue weighted by Gasteiger charge is 2.15. The lowest BCUT2D eigenvalue weighted by atomic mass is 10.1. The van der Waals surface area contributed by atoms with Crippen molar-refractivity contribution in [3.63, 3.8) is 0 Å². The molecule has 0 unspecified atom stereocenters.